The number of hydrogen-bond donors (Lipinski definition) is 2. The SMILES string of the molecule is O=Cc1ccccc1C(=O)NCc1ccc(C#CCCO)cc1. The fourth-order valence-electron chi connectivity index (χ4n) is 2.01. The molecule has 116 valence electrons. The molecule has 0 fully saturated rings. The summed E-state index contributed by atoms with van der Waals surface area (Å²) in [5, 5.41) is 11.5. The number of hydrogen-bond acceptors (Lipinski definition) is 3. The third-order valence-electron chi connectivity index (χ3n) is 3.21. The van der Waals surface area contributed by atoms with Gasteiger partial charge in [-0.1, -0.05) is 42.2 Å². The lowest BCUT2D eigenvalue weighted by atomic mass is 10.1. The van der Waals surface area contributed by atoms with Crippen molar-refractivity contribution in [3.05, 3.63) is 70.8 Å². The van der Waals surface area contributed by atoms with Crippen molar-refractivity contribution < 1.29 is 14.7 Å². The van der Waals surface area contributed by atoms with Gasteiger partial charge in [-0.3, -0.25) is 9.59 Å². The fraction of sp³-hybridized carbons (Fsp3) is 0.158. The van der Waals surface area contributed by atoms with Crippen molar-refractivity contribution in [2.75, 3.05) is 6.61 Å². The molecule has 0 aromatic heterocycles. The van der Waals surface area contributed by atoms with E-state index in [0.29, 0.717) is 30.4 Å². The molecule has 0 aliphatic rings. The van der Waals surface area contributed by atoms with Crippen LogP contribution in [-0.4, -0.2) is 23.9 Å². The minimum absolute atomic E-state index is 0.0549. The molecule has 0 saturated heterocycles. The van der Waals surface area contributed by atoms with Crippen LogP contribution < -0.4 is 5.32 Å². The van der Waals surface area contributed by atoms with Crippen LogP contribution in [0.5, 0.6) is 0 Å². The summed E-state index contributed by atoms with van der Waals surface area (Å²) in [5.74, 6) is 5.52. The molecule has 0 atom stereocenters. The Morgan fingerprint density at radius 3 is 2.57 bits per heavy atom. The first-order chi connectivity index (χ1) is 11.2. The second-order valence-corrected chi connectivity index (χ2v) is 4.86. The van der Waals surface area contributed by atoms with Crippen molar-refractivity contribution in [3.63, 3.8) is 0 Å². The highest BCUT2D eigenvalue weighted by Gasteiger charge is 2.09. The van der Waals surface area contributed by atoms with E-state index >= 15 is 0 Å². The highest BCUT2D eigenvalue weighted by atomic mass is 16.2. The second-order valence-electron chi connectivity index (χ2n) is 4.86. The van der Waals surface area contributed by atoms with Gasteiger partial charge in [0.1, 0.15) is 0 Å². The highest BCUT2D eigenvalue weighted by Crippen LogP contribution is 2.07. The molecule has 23 heavy (non-hydrogen) atoms. The van der Waals surface area contributed by atoms with Crippen LogP contribution in [0.3, 0.4) is 0 Å². The first kappa shape index (κ1) is 16.5. The van der Waals surface area contributed by atoms with Crippen LogP contribution in [0.4, 0.5) is 0 Å². The quantitative estimate of drug-likeness (QED) is 0.657. The summed E-state index contributed by atoms with van der Waals surface area (Å²) >= 11 is 0. The Balaban J connectivity index is 1.97. The molecule has 4 nitrogen and oxygen atoms in total. The molecule has 0 radical (unpaired) electrons. The molecule has 0 aliphatic heterocycles. The van der Waals surface area contributed by atoms with Gasteiger partial charge in [0.2, 0.25) is 0 Å². The minimum Gasteiger partial charge on any atom is -0.395 e. The zero-order chi connectivity index (χ0) is 16.5. The van der Waals surface area contributed by atoms with Crippen LogP contribution in [-0.2, 0) is 6.54 Å². The van der Waals surface area contributed by atoms with Crippen molar-refractivity contribution in [2.45, 2.75) is 13.0 Å². The first-order valence-corrected chi connectivity index (χ1v) is 7.25. The lowest BCUT2D eigenvalue weighted by Gasteiger charge is -2.07. The number of amides is 1. The summed E-state index contributed by atoms with van der Waals surface area (Å²) in [4.78, 5) is 23.1. The Bertz CT molecular complexity index is 739. The Hall–Kier alpha value is -2.90. The molecule has 1 amide bonds. The Morgan fingerprint density at radius 2 is 1.87 bits per heavy atom. The zero-order valence-corrected chi connectivity index (χ0v) is 12.6. The van der Waals surface area contributed by atoms with Gasteiger partial charge in [0.25, 0.3) is 5.91 Å². The summed E-state index contributed by atoms with van der Waals surface area (Å²) in [5.41, 5.74) is 2.54. The maximum absolute atomic E-state index is 12.1. The van der Waals surface area contributed by atoms with E-state index in [-0.39, 0.29) is 12.5 Å². The van der Waals surface area contributed by atoms with E-state index < -0.39 is 0 Å². The molecule has 0 saturated carbocycles. The average molecular weight is 307 g/mol. The van der Waals surface area contributed by atoms with Crippen LogP contribution in [0.25, 0.3) is 0 Å². The van der Waals surface area contributed by atoms with E-state index in [1.54, 1.807) is 24.3 Å². The first-order valence-electron chi connectivity index (χ1n) is 7.25. The molecule has 0 unspecified atom stereocenters. The highest BCUT2D eigenvalue weighted by molar-refractivity contribution is 6.01. The smallest absolute Gasteiger partial charge is 0.252 e. The number of carbonyl (C=O) groups excluding carboxylic acids is 2. The molecule has 4 heteroatoms. The standard InChI is InChI=1S/C19H17NO3/c21-12-4-3-5-15-8-10-16(11-9-15)13-20-19(23)18-7-2-1-6-17(18)14-22/h1-2,6-11,14,21H,4,12-13H2,(H,20,23). The van der Waals surface area contributed by atoms with Crippen LogP contribution >= 0.6 is 0 Å². The maximum Gasteiger partial charge on any atom is 0.252 e. The van der Waals surface area contributed by atoms with Gasteiger partial charge < -0.3 is 10.4 Å². The summed E-state index contributed by atoms with van der Waals surface area (Å²) in [7, 11) is 0. The number of nitrogens with one attached hydrogen (secondary N) is 1. The predicted molar refractivity (Wildman–Crippen MR) is 88.0 cm³/mol. The third kappa shape index (κ3) is 4.80. The molecule has 0 heterocycles. The van der Waals surface area contributed by atoms with Crippen molar-refractivity contribution in [1.82, 2.24) is 5.32 Å². The topological polar surface area (TPSA) is 66.4 Å². The summed E-state index contributed by atoms with van der Waals surface area (Å²) < 4.78 is 0. The summed E-state index contributed by atoms with van der Waals surface area (Å²) in [6, 6.07) is 14.2. The molecule has 2 rings (SSSR count). The van der Waals surface area contributed by atoms with Gasteiger partial charge in [0.05, 0.1) is 6.61 Å². The number of carbonyl (C=O) groups is 2. The summed E-state index contributed by atoms with van der Waals surface area (Å²) in [6.45, 7) is 0.426. The molecular formula is C19H17NO3. The number of aliphatic hydroxyl groups is 1. The average Bonchev–Trinajstić information content (AvgIpc) is 2.61. The van der Waals surface area contributed by atoms with Gasteiger partial charge in [0, 0.05) is 29.7 Å². The minimum atomic E-state index is -0.278. The maximum atomic E-state index is 12.1. The van der Waals surface area contributed by atoms with Gasteiger partial charge in [0.15, 0.2) is 6.29 Å². The number of aldehydes is 1. The summed E-state index contributed by atoms with van der Waals surface area (Å²) in [6.07, 6.45) is 1.13. The van der Waals surface area contributed by atoms with Crippen LogP contribution in [0.15, 0.2) is 48.5 Å². The second kappa shape index (κ2) is 8.52. The largest absolute Gasteiger partial charge is 0.395 e. The van der Waals surface area contributed by atoms with E-state index in [1.165, 1.54) is 0 Å². The van der Waals surface area contributed by atoms with Crippen molar-refractivity contribution in [3.8, 4) is 11.8 Å². The van der Waals surface area contributed by atoms with E-state index in [1.807, 2.05) is 24.3 Å². The van der Waals surface area contributed by atoms with Gasteiger partial charge in [-0.05, 0) is 23.8 Å². The normalized spacial score (nSPS) is 9.61. The van der Waals surface area contributed by atoms with E-state index in [2.05, 4.69) is 17.2 Å². The van der Waals surface area contributed by atoms with Crippen LogP contribution in [0.2, 0.25) is 0 Å². The van der Waals surface area contributed by atoms with Gasteiger partial charge in [-0.15, -0.1) is 0 Å². The van der Waals surface area contributed by atoms with Crippen LogP contribution in [0.1, 0.15) is 38.3 Å². The molecule has 0 aliphatic carbocycles. The lowest BCUT2D eigenvalue weighted by molar-refractivity contribution is 0.0945. The third-order valence-corrected chi connectivity index (χ3v) is 3.21. The molecule has 0 bridgehead atoms. The van der Waals surface area contributed by atoms with Crippen molar-refractivity contribution in [1.29, 1.82) is 0 Å². The monoisotopic (exact) mass is 307 g/mol. The fourth-order valence-corrected chi connectivity index (χ4v) is 2.01. The molecule has 0 spiro atoms. The van der Waals surface area contributed by atoms with Crippen molar-refractivity contribution >= 4 is 12.2 Å². The number of benzene rings is 2. The lowest BCUT2D eigenvalue weighted by Crippen LogP contribution is -2.23. The van der Waals surface area contributed by atoms with Gasteiger partial charge >= 0.3 is 0 Å². The Labute approximate surface area is 135 Å². The van der Waals surface area contributed by atoms with Gasteiger partial charge in [-0.25, -0.2) is 0 Å². The number of aliphatic hydroxyl groups excluding tert-OH is 1. The van der Waals surface area contributed by atoms with E-state index in [0.717, 1.165) is 11.1 Å². The number of rotatable bonds is 5. The molecule has 2 aromatic rings. The van der Waals surface area contributed by atoms with Crippen molar-refractivity contribution in [2.24, 2.45) is 0 Å². The van der Waals surface area contributed by atoms with E-state index in [4.69, 9.17) is 5.11 Å². The predicted octanol–water partition coefficient (Wildman–Crippen LogP) is 2.16. The molecule has 2 aromatic carbocycles. The van der Waals surface area contributed by atoms with E-state index in [9.17, 15) is 9.59 Å². The zero-order valence-electron chi connectivity index (χ0n) is 12.6. The molecule has 2 N–H and O–H groups in total. The Morgan fingerprint density at radius 1 is 1.13 bits per heavy atom. The molecular weight excluding hydrogens is 290 g/mol. The Kier molecular flexibility index (Phi) is 6.10. The van der Waals surface area contributed by atoms with Gasteiger partial charge in [-0.2, -0.15) is 0 Å². The van der Waals surface area contributed by atoms with Crippen LogP contribution in [0, 0.1) is 11.8 Å².